The van der Waals surface area contributed by atoms with E-state index in [1.54, 1.807) is 37.5 Å². The van der Waals surface area contributed by atoms with Gasteiger partial charge in [0.2, 0.25) is 11.8 Å². The van der Waals surface area contributed by atoms with E-state index in [-0.39, 0.29) is 17.4 Å². The minimum Gasteiger partial charge on any atom is -0.497 e. The molecule has 0 aromatic heterocycles. The topological polar surface area (TPSA) is 79.5 Å². The number of hydrogen-bond acceptors (Lipinski definition) is 4. The number of ether oxygens (including phenoxy) is 1. The molecule has 0 bridgehead atoms. The third kappa shape index (κ3) is 7.29. The van der Waals surface area contributed by atoms with Crippen LogP contribution >= 0.6 is 12.2 Å². The minimum absolute atomic E-state index is 0.0108. The van der Waals surface area contributed by atoms with Gasteiger partial charge in [0.1, 0.15) is 5.75 Å². The Morgan fingerprint density at radius 2 is 1.70 bits per heavy atom. The van der Waals surface area contributed by atoms with Crippen molar-refractivity contribution in [2.24, 2.45) is 0 Å². The maximum atomic E-state index is 11.9. The minimum atomic E-state index is -0.391. The molecule has 0 atom stereocenters. The lowest BCUT2D eigenvalue weighted by molar-refractivity contribution is -0.121. The Morgan fingerprint density at radius 1 is 1.04 bits per heavy atom. The van der Waals surface area contributed by atoms with Crippen LogP contribution in [0.4, 0.5) is 0 Å². The van der Waals surface area contributed by atoms with Crippen molar-refractivity contribution in [3.05, 3.63) is 71.3 Å². The van der Waals surface area contributed by atoms with Gasteiger partial charge < -0.3 is 4.74 Å². The fourth-order valence-electron chi connectivity index (χ4n) is 2.13. The number of carbonyl (C=O) groups excluding carboxylic acids is 2. The molecule has 3 N–H and O–H groups in total. The first-order chi connectivity index (χ1) is 13.0. The van der Waals surface area contributed by atoms with E-state index in [1.165, 1.54) is 6.08 Å². The number of aryl methyl sites for hydroxylation is 1. The number of nitrogens with one attached hydrogen (secondary N) is 3. The van der Waals surface area contributed by atoms with Crippen LogP contribution in [0.3, 0.4) is 0 Å². The van der Waals surface area contributed by atoms with Crippen molar-refractivity contribution < 1.29 is 14.3 Å². The molecule has 0 unspecified atom stereocenters. The summed E-state index contributed by atoms with van der Waals surface area (Å²) in [6.45, 7) is 1.99. The molecule has 2 aromatic rings. The normalized spacial score (nSPS) is 10.3. The molecule has 0 aliphatic carbocycles. The summed E-state index contributed by atoms with van der Waals surface area (Å²) in [4.78, 5) is 23.7. The Labute approximate surface area is 163 Å². The third-order valence-corrected chi connectivity index (χ3v) is 3.78. The number of benzene rings is 2. The molecule has 2 aromatic carbocycles. The van der Waals surface area contributed by atoms with Crippen molar-refractivity contribution in [2.75, 3.05) is 7.11 Å². The first-order valence-corrected chi connectivity index (χ1v) is 8.64. The molecule has 27 heavy (non-hydrogen) atoms. The molecule has 0 heterocycles. The lowest BCUT2D eigenvalue weighted by Gasteiger charge is -2.10. The number of thiocarbonyl (C=S) groups is 1. The molecule has 2 rings (SSSR count). The van der Waals surface area contributed by atoms with Crippen LogP contribution in [0.1, 0.15) is 16.7 Å². The van der Waals surface area contributed by atoms with Gasteiger partial charge in [0, 0.05) is 6.08 Å². The Balaban J connectivity index is 1.73. The fourth-order valence-corrected chi connectivity index (χ4v) is 2.29. The summed E-state index contributed by atoms with van der Waals surface area (Å²) in [6.07, 6.45) is 3.22. The molecule has 0 radical (unpaired) electrons. The zero-order chi connectivity index (χ0) is 19.6. The lowest BCUT2D eigenvalue weighted by atomic mass is 10.1. The highest BCUT2D eigenvalue weighted by atomic mass is 32.1. The van der Waals surface area contributed by atoms with Crippen molar-refractivity contribution in [1.82, 2.24) is 16.2 Å². The maximum absolute atomic E-state index is 11.9. The summed E-state index contributed by atoms with van der Waals surface area (Å²) in [5.41, 5.74) is 7.82. The van der Waals surface area contributed by atoms with Gasteiger partial charge in [0.25, 0.3) is 0 Å². The highest BCUT2D eigenvalue weighted by molar-refractivity contribution is 7.80. The van der Waals surface area contributed by atoms with Gasteiger partial charge in [-0.15, -0.1) is 0 Å². The third-order valence-electron chi connectivity index (χ3n) is 3.58. The van der Waals surface area contributed by atoms with Crippen molar-refractivity contribution in [2.45, 2.75) is 13.3 Å². The number of carbonyl (C=O) groups is 2. The van der Waals surface area contributed by atoms with E-state index in [1.807, 2.05) is 31.2 Å². The van der Waals surface area contributed by atoms with Gasteiger partial charge in [0.15, 0.2) is 5.11 Å². The van der Waals surface area contributed by atoms with Gasteiger partial charge in [-0.1, -0.05) is 42.0 Å². The number of methoxy groups -OCH3 is 1. The molecule has 0 saturated heterocycles. The smallest absolute Gasteiger partial charge is 0.250 e. The zero-order valence-electron chi connectivity index (χ0n) is 15.1. The van der Waals surface area contributed by atoms with E-state index >= 15 is 0 Å². The van der Waals surface area contributed by atoms with Crippen LogP contribution in [-0.2, 0) is 16.0 Å². The standard InChI is InChI=1S/C20H21N3O3S/c1-14-3-5-15(6-4-14)9-12-18(24)21-20(27)23-22-19(25)13-16-7-10-17(26-2)11-8-16/h3-12H,13H2,1-2H3,(H,22,25)(H2,21,23,24,27)/b12-9+. The fraction of sp³-hybridized carbons (Fsp3) is 0.150. The number of hydrazine groups is 1. The molecule has 0 aliphatic heterocycles. The highest BCUT2D eigenvalue weighted by Crippen LogP contribution is 2.11. The quantitative estimate of drug-likeness (QED) is 0.419. The Bertz CT molecular complexity index is 831. The first kappa shape index (κ1) is 20.1. The molecule has 7 heteroatoms. The van der Waals surface area contributed by atoms with Crippen LogP contribution in [0.25, 0.3) is 6.08 Å². The van der Waals surface area contributed by atoms with E-state index in [0.29, 0.717) is 0 Å². The summed E-state index contributed by atoms with van der Waals surface area (Å²) in [7, 11) is 1.58. The van der Waals surface area contributed by atoms with Gasteiger partial charge in [-0.2, -0.15) is 0 Å². The lowest BCUT2D eigenvalue weighted by Crippen LogP contribution is -2.48. The van der Waals surface area contributed by atoms with E-state index in [4.69, 9.17) is 17.0 Å². The van der Waals surface area contributed by atoms with Gasteiger partial charge in [-0.3, -0.25) is 25.8 Å². The first-order valence-electron chi connectivity index (χ1n) is 8.24. The van der Waals surface area contributed by atoms with Crippen LogP contribution in [0.2, 0.25) is 0 Å². The monoisotopic (exact) mass is 383 g/mol. The average Bonchev–Trinajstić information content (AvgIpc) is 2.66. The molecular formula is C20H21N3O3S. The van der Waals surface area contributed by atoms with Crippen molar-refractivity contribution in [1.29, 1.82) is 0 Å². The predicted octanol–water partition coefficient (Wildman–Crippen LogP) is 2.28. The average molecular weight is 383 g/mol. The molecule has 0 saturated carbocycles. The zero-order valence-corrected chi connectivity index (χ0v) is 15.9. The second-order valence-electron chi connectivity index (χ2n) is 5.76. The van der Waals surface area contributed by atoms with Crippen molar-refractivity contribution >= 4 is 35.2 Å². The summed E-state index contributed by atoms with van der Waals surface area (Å²) >= 11 is 4.99. The molecule has 0 aliphatic rings. The molecule has 140 valence electrons. The van der Waals surface area contributed by atoms with E-state index in [9.17, 15) is 9.59 Å². The van der Waals surface area contributed by atoms with Crippen LogP contribution in [-0.4, -0.2) is 24.0 Å². The van der Waals surface area contributed by atoms with E-state index in [0.717, 1.165) is 22.4 Å². The summed E-state index contributed by atoms with van der Waals surface area (Å²) in [5.74, 6) is 0.0457. The van der Waals surface area contributed by atoms with Crippen LogP contribution in [0.5, 0.6) is 5.75 Å². The summed E-state index contributed by atoms with van der Waals surface area (Å²) < 4.78 is 5.07. The second-order valence-corrected chi connectivity index (χ2v) is 6.17. The molecule has 0 spiro atoms. The summed E-state index contributed by atoms with van der Waals surface area (Å²) in [6, 6.07) is 14.9. The van der Waals surface area contributed by atoms with Gasteiger partial charge >= 0.3 is 0 Å². The molecule has 2 amide bonds. The van der Waals surface area contributed by atoms with Gasteiger partial charge in [-0.25, -0.2) is 0 Å². The predicted molar refractivity (Wildman–Crippen MR) is 109 cm³/mol. The molecule has 0 fully saturated rings. The van der Waals surface area contributed by atoms with Crippen LogP contribution in [0.15, 0.2) is 54.6 Å². The number of hydrogen-bond donors (Lipinski definition) is 3. The summed E-state index contributed by atoms with van der Waals surface area (Å²) in [5, 5.41) is 2.47. The largest absolute Gasteiger partial charge is 0.497 e. The SMILES string of the molecule is COc1ccc(CC(=O)NNC(=S)NC(=O)/C=C/c2ccc(C)cc2)cc1. The second kappa shape index (κ2) is 10.1. The molecule has 6 nitrogen and oxygen atoms in total. The van der Waals surface area contributed by atoms with Crippen LogP contribution in [0, 0.1) is 6.92 Å². The van der Waals surface area contributed by atoms with E-state index in [2.05, 4.69) is 16.2 Å². The van der Waals surface area contributed by atoms with Crippen LogP contribution < -0.4 is 20.9 Å². The number of amides is 2. The van der Waals surface area contributed by atoms with Gasteiger partial charge in [-0.05, 0) is 48.5 Å². The van der Waals surface area contributed by atoms with E-state index < -0.39 is 5.91 Å². The van der Waals surface area contributed by atoms with Crippen molar-refractivity contribution in [3.63, 3.8) is 0 Å². The molecular weight excluding hydrogens is 362 g/mol. The van der Waals surface area contributed by atoms with Crippen molar-refractivity contribution in [3.8, 4) is 5.75 Å². The maximum Gasteiger partial charge on any atom is 0.250 e. The van der Waals surface area contributed by atoms with Gasteiger partial charge in [0.05, 0.1) is 13.5 Å². The number of rotatable bonds is 5. The highest BCUT2D eigenvalue weighted by Gasteiger charge is 2.05. The Kier molecular flexibility index (Phi) is 7.51. The Morgan fingerprint density at radius 3 is 2.33 bits per heavy atom. The Hall–Kier alpha value is -3.19.